The van der Waals surface area contributed by atoms with Gasteiger partial charge in [-0.25, -0.2) is 8.42 Å². The van der Waals surface area contributed by atoms with Gasteiger partial charge in [0.15, 0.2) is 5.78 Å². The number of halogens is 1. The molecule has 17 heavy (non-hydrogen) atoms. The molecule has 0 aromatic carbocycles. The van der Waals surface area contributed by atoms with E-state index in [-0.39, 0.29) is 46.1 Å². The third kappa shape index (κ3) is 2.19. The average molecular weight is 333 g/mol. The van der Waals surface area contributed by atoms with Crippen LogP contribution in [0.3, 0.4) is 0 Å². The van der Waals surface area contributed by atoms with Gasteiger partial charge < -0.3 is 4.55 Å². The second-order valence-corrected chi connectivity index (χ2v) is 7.81. The quantitative estimate of drug-likeness (QED) is 0.343. The van der Waals surface area contributed by atoms with Crippen LogP contribution in [0.1, 0.15) is 26.7 Å². The van der Waals surface area contributed by atoms with E-state index in [9.17, 15) is 17.8 Å². The van der Waals surface area contributed by atoms with E-state index in [1.165, 1.54) is 0 Å². The molecule has 3 atom stereocenters. The summed E-state index contributed by atoms with van der Waals surface area (Å²) in [5.41, 5.74) is -1.37. The summed E-state index contributed by atoms with van der Waals surface area (Å²) in [5.74, 6) is -0.514. The SMILES string of the molecule is CC1(C)C2CCC1(CS(=O)(=O)[O-])C(=O)C2Br.[Na+]. The van der Waals surface area contributed by atoms with Gasteiger partial charge in [0.25, 0.3) is 0 Å². The first-order chi connectivity index (χ1) is 7.12. The van der Waals surface area contributed by atoms with Crippen LogP contribution in [0, 0.1) is 16.7 Å². The molecule has 0 aromatic rings. The second kappa shape index (κ2) is 4.56. The summed E-state index contributed by atoms with van der Waals surface area (Å²) in [5, 5.41) is 0. The third-order valence-electron chi connectivity index (χ3n) is 4.54. The largest absolute Gasteiger partial charge is 1.00 e. The molecule has 4 nitrogen and oxygen atoms in total. The van der Waals surface area contributed by atoms with Crippen molar-refractivity contribution in [2.24, 2.45) is 16.7 Å². The summed E-state index contributed by atoms with van der Waals surface area (Å²) in [6.45, 7) is 3.80. The summed E-state index contributed by atoms with van der Waals surface area (Å²) in [6.07, 6.45) is 1.33. The Morgan fingerprint density at radius 1 is 1.47 bits per heavy atom. The first kappa shape index (κ1) is 16.1. The molecule has 7 heteroatoms. The predicted molar refractivity (Wildman–Crippen MR) is 61.2 cm³/mol. The van der Waals surface area contributed by atoms with Crippen molar-refractivity contribution >= 4 is 31.8 Å². The zero-order valence-corrected chi connectivity index (χ0v) is 14.6. The minimum atomic E-state index is -4.37. The van der Waals surface area contributed by atoms with Crippen LogP contribution in [0.2, 0.25) is 0 Å². The van der Waals surface area contributed by atoms with Gasteiger partial charge in [0.05, 0.1) is 20.7 Å². The van der Waals surface area contributed by atoms with Gasteiger partial charge in [-0.1, -0.05) is 29.8 Å². The third-order valence-corrected chi connectivity index (χ3v) is 6.44. The molecule has 3 unspecified atom stereocenters. The molecule has 0 spiro atoms. The van der Waals surface area contributed by atoms with Crippen LogP contribution in [0.5, 0.6) is 0 Å². The topological polar surface area (TPSA) is 74.3 Å². The maximum Gasteiger partial charge on any atom is 1.00 e. The molecule has 0 heterocycles. The number of hydrogen-bond acceptors (Lipinski definition) is 4. The molecule has 2 rings (SSSR count). The van der Waals surface area contributed by atoms with Gasteiger partial charge in [-0.2, -0.15) is 0 Å². The van der Waals surface area contributed by atoms with Crippen LogP contribution in [-0.4, -0.2) is 29.3 Å². The summed E-state index contributed by atoms with van der Waals surface area (Å²) >= 11 is 3.33. The minimum absolute atomic E-state index is 0. The number of rotatable bonds is 2. The van der Waals surface area contributed by atoms with Crippen LogP contribution < -0.4 is 29.6 Å². The molecule has 2 aliphatic carbocycles. The van der Waals surface area contributed by atoms with Crippen molar-refractivity contribution in [1.29, 1.82) is 0 Å². The molecule has 2 fully saturated rings. The Morgan fingerprint density at radius 3 is 2.35 bits per heavy atom. The standard InChI is InChI=1S/C10H15BrO4S.Na/c1-9(2)6-3-4-10(9,5-16(13,14)15)8(12)7(6)11;/h6-7H,3-5H2,1-2H3,(H,13,14,15);/q;+1/p-1. The maximum absolute atomic E-state index is 12.1. The number of carbonyl (C=O) groups is 1. The van der Waals surface area contributed by atoms with Gasteiger partial charge in [-0.05, 0) is 24.2 Å². The van der Waals surface area contributed by atoms with Crippen LogP contribution in [0.4, 0.5) is 0 Å². The van der Waals surface area contributed by atoms with Crippen molar-refractivity contribution < 1.29 is 47.3 Å². The molecule has 92 valence electrons. The molecular formula is C10H14BrNaO4S. The number of hydrogen-bond donors (Lipinski definition) is 0. The van der Waals surface area contributed by atoms with Crippen LogP contribution >= 0.6 is 15.9 Å². The van der Waals surface area contributed by atoms with Crippen molar-refractivity contribution in [2.45, 2.75) is 31.5 Å². The first-order valence-electron chi connectivity index (χ1n) is 5.24. The van der Waals surface area contributed by atoms with E-state index in [0.29, 0.717) is 6.42 Å². The van der Waals surface area contributed by atoms with Gasteiger partial charge in [0, 0.05) is 5.41 Å². The van der Waals surface area contributed by atoms with E-state index in [2.05, 4.69) is 15.9 Å². The number of Topliss-reactive ketones (excluding diaryl/α,β-unsaturated/α-hetero) is 1. The Morgan fingerprint density at radius 2 is 2.00 bits per heavy atom. The van der Waals surface area contributed by atoms with E-state index >= 15 is 0 Å². The van der Waals surface area contributed by atoms with Crippen LogP contribution in [0.25, 0.3) is 0 Å². The average Bonchev–Trinajstić information content (AvgIpc) is 2.39. The zero-order valence-electron chi connectivity index (χ0n) is 10.2. The van der Waals surface area contributed by atoms with E-state index < -0.39 is 26.7 Å². The molecular weight excluding hydrogens is 319 g/mol. The van der Waals surface area contributed by atoms with Crippen molar-refractivity contribution in [3.05, 3.63) is 0 Å². The van der Waals surface area contributed by atoms with Gasteiger partial charge in [-0.3, -0.25) is 4.79 Å². The van der Waals surface area contributed by atoms with E-state index in [0.717, 1.165) is 6.42 Å². The monoisotopic (exact) mass is 332 g/mol. The molecule has 0 amide bonds. The zero-order chi connectivity index (χ0) is 12.4. The van der Waals surface area contributed by atoms with E-state index in [4.69, 9.17) is 0 Å². The Bertz CT molecular complexity index is 447. The molecule has 0 aliphatic heterocycles. The van der Waals surface area contributed by atoms with E-state index in [1.807, 2.05) is 13.8 Å². The molecule has 0 N–H and O–H groups in total. The number of carbonyl (C=O) groups excluding carboxylic acids is 1. The van der Waals surface area contributed by atoms with Crippen molar-refractivity contribution in [3.8, 4) is 0 Å². The van der Waals surface area contributed by atoms with Crippen LogP contribution in [0.15, 0.2) is 0 Å². The van der Waals surface area contributed by atoms with Gasteiger partial charge >= 0.3 is 29.6 Å². The Balaban J connectivity index is 0.00000144. The number of fused-ring (bicyclic) bond motifs is 2. The fourth-order valence-corrected chi connectivity index (χ4v) is 6.10. The van der Waals surface area contributed by atoms with Gasteiger partial charge in [0.2, 0.25) is 0 Å². The first-order valence-corrected chi connectivity index (χ1v) is 7.73. The van der Waals surface area contributed by atoms with Gasteiger partial charge in [-0.15, -0.1) is 0 Å². The number of alkyl halides is 1. The Hall–Kier alpha value is 1.06. The smallest absolute Gasteiger partial charge is 0.748 e. The predicted octanol–water partition coefficient (Wildman–Crippen LogP) is -1.70. The fraction of sp³-hybridized carbons (Fsp3) is 0.900. The summed E-state index contributed by atoms with van der Waals surface area (Å²) in [4.78, 5) is 11.8. The second-order valence-electron chi connectivity index (χ2n) is 5.42. The molecule has 2 bridgehead atoms. The van der Waals surface area contributed by atoms with Crippen molar-refractivity contribution in [2.75, 3.05) is 5.75 Å². The van der Waals surface area contributed by atoms with Gasteiger partial charge in [0.1, 0.15) is 0 Å². The van der Waals surface area contributed by atoms with Crippen LogP contribution in [-0.2, 0) is 14.9 Å². The summed E-state index contributed by atoms with van der Waals surface area (Å²) in [6, 6.07) is 0. The van der Waals surface area contributed by atoms with Crippen molar-refractivity contribution in [1.82, 2.24) is 0 Å². The minimum Gasteiger partial charge on any atom is -0.748 e. The van der Waals surface area contributed by atoms with Crippen molar-refractivity contribution in [3.63, 3.8) is 0 Å². The maximum atomic E-state index is 12.1. The molecule has 0 saturated heterocycles. The Labute approximate surface area is 132 Å². The Kier molecular flexibility index (Phi) is 4.32. The normalized spacial score (nSPS) is 39.2. The molecule has 2 aliphatic rings. The molecule has 0 radical (unpaired) electrons. The van der Waals surface area contributed by atoms with E-state index in [1.54, 1.807) is 0 Å². The fourth-order valence-electron chi connectivity index (χ4n) is 3.47. The molecule has 0 aromatic heterocycles. The summed E-state index contributed by atoms with van der Waals surface area (Å²) < 4.78 is 33.0. The summed E-state index contributed by atoms with van der Waals surface area (Å²) in [7, 11) is -4.37. The number of ketones is 1. The molecule has 2 saturated carbocycles.